The average Bonchev–Trinajstić information content (AvgIpc) is 2.89. The highest BCUT2D eigenvalue weighted by Crippen LogP contribution is 2.44. The summed E-state index contributed by atoms with van der Waals surface area (Å²) in [5, 5.41) is 2.27. The van der Waals surface area contributed by atoms with E-state index < -0.39 is 16.8 Å². The van der Waals surface area contributed by atoms with Gasteiger partial charge in [-0.15, -0.1) is 0 Å². The van der Waals surface area contributed by atoms with Crippen molar-refractivity contribution >= 4 is 23.3 Å². The standard InChI is InChI=1S/C19H16ClF3N2O/c20-16-10-12(5-7-15(16)19(21,22)23)24-18(26)25-13-6-8-17(25)14-4-2-1-3-11(14)9-13/h1-5,7,10,13,17H,6,8-9H2,(H,24,26)/t13-,17+/m0/s1. The number of urea groups is 1. The summed E-state index contributed by atoms with van der Waals surface area (Å²) in [6.45, 7) is 0. The molecule has 7 heteroatoms. The van der Waals surface area contributed by atoms with Crippen molar-refractivity contribution < 1.29 is 18.0 Å². The maximum Gasteiger partial charge on any atom is 0.417 e. The molecule has 26 heavy (non-hydrogen) atoms. The Kier molecular flexibility index (Phi) is 4.10. The van der Waals surface area contributed by atoms with Crippen LogP contribution in [0.2, 0.25) is 5.02 Å². The number of hydrogen-bond donors (Lipinski definition) is 1. The fourth-order valence-electron chi connectivity index (χ4n) is 4.01. The Bertz CT molecular complexity index is 868. The van der Waals surface area contributed by atoms with Gasteiger partial charge in [0, 0.05) is 11.7 Å². The van der Waals surface area contributed by atoms with Gasteiger partial charge in [-0.05, 0) is 48.6 Å². The van der Waals surface area contributed by atoms with E-state index in [1.165, 1.54) is 11.6 Å². The zero-order valence-corrected chi connectivity index (χ0v) is 14.4. The average molecular weight is 381 g/mol. The predicted molar refractivity (Wildman–Crippen MR) is 93.2 cm³/mol. The molecule has 0 spiro atoms. The van der Waals surface area contributed by atoms with Crippen molar-refractivity contribution in [2.24, 2.45) is 0 Å². The number of nitrogens with zero attached hydrogens (tertiary/aromatic N) is 1. The van der Waals surface area contributed by atoms with E-state index in [1.807, 2.05) is 23.1 Å². The minimum atomic E-state index is -4.52. The molecule has 2 aliphatic rings. The van der Waals surface area contributed by atoms with Gasteiger partial charge in [-0.25, -0.2) is 4.79 Å². The summed E-state index contributed by atoms with van der Waals surface area (Å²) in [7, 11) is 0. The zero-order chi connectivity index (χ0) is 18.5. The number of alkyl halides is 3. The Hall–Kier alpha value is -2.21. The van der Waals surface area contributed by atoms with Gasteiger partial charge in [0.1, 0.15) is 0 Å². The van der Waals surface area contributed by atoms with E-state index in [1.54, 1.807) is 0 Å². The third-order valence-electron chi connectivity index (χ3n) is 5.13. The molecule has 136 valence electrons. The first-order chi connectivity index (χ1) is 12.3. The highest BCUT2D eigenvalue weighted by Gasteiger charge is 2.42. The van der Waals surface area contributed by atoms with Gasteiger partial charge >= 0.3 is 12.2 Å². The molecule has 0 unspecified atom stereocenters. The topological polar surface area (TPSA) is 32.3 Å². The van der Waals surface area contributed by atoms with E-state index in [9.17, 15) is 18.0 Å². The van der Waals surface area contributed by atoms with Gasteiger partial charge in [0.05, 0.1) is 16.6 Å². The van der Waals surface area contributed by atoms with E-state index >= 15 is 0 Å². The van der Waals surface area contributed by atoms with Crippen molar-refractivity contribution in [3.63, 3.8) is 0 Å². The molecule has 0 radical (unpaired) electrons. The largest absolute Gasteiger partial charge is 0.417 e. The Morgan fingerprint density at radius 2 is 1.92 bits per heavy atom. The molecule has 0 saturated carbocycles. The number of halogens is 4. The number of nitrogens with one attached hydrogen (secondary N) is 1. The number of fused-ring (bicyclic) bond motifs is 4. The summed E-state index contributed by atoms with van der Waals surface area (Å²) in [6, 6.07) is 11.2. The van der Waals surface area contributed by atoms with Crippen LogP contribution in [-0.4, -0.2) is 17.0 Å². The third-order valence-corrected chi connectivity index (χ3v) is 5.45. The minimum Gasteiger partial charge on any atom is -0.314 e. The van der Waals surface area contributed by atoms with Gasteiger partial charge in [-0.2, -0.15) is 13.2 Å². The molecule has 0 aromatic heterocycles. The second kappa shape index (κ2) is 6.20. The first kappa shape index (κ1) is 17.2. The molecule has 2 aromatic rings. The number of hydrogen-bond acceptors (Lipinski definition) is 1. The fourth-order valence-corrected chi connectivity index (χ4v) is 4.29. The molecule has 2 bridgehead atoms. The van der Waals surface area contributed by atoms with E-state index in [2.05, 4.69) is 11.4 Å². The van der Waals surface area contributed by atoms with Gasteiger partial charge in [0.25, 0.3) is 0 Å². The maximum absolute atomic E-state index is 12.8. The number of benzene rings is 2. The third kappa shape index (κ3) is 2.92. The molecule has 1 N–H and O–H groups in total. The molecular weight excluding hydrogens is 365 g/mol. The van der Waals surface area contributed by atoms with Crippen molar-refractivity contribution in [2.45, 2.75) is 37.5 Å². The molecule has 2 amide bonds. The van der Waals surface area contributed by atoms with Gasteiger partial charge in [-0.3, -0.25) is 0 Å². The smallest absolute Gasteiger partial charge is 0.314 e. The van der Waals surface area contributed by atoms with E-state index in [0.29, 0.717) is 0 Å². The van der Waals surface area contributed by atoms with Crippen molar-refractivity contribution in [2.75, 3.05) is 5.32 Å². The van der Waals surface area contributed by atoms with E-state index in [0.717, 1.165) is 37.0 Å². The van der Waals surface area contributed by atoms with Crippen LogP contribution in [0, 0.1) is 0 Å². The van der Waals surface area contributed by atoms with Crippen molar-refractivity contribution in [1.82, 2.24) is 4.90 Å². The van der Waals surface area contributed by atoms with Crippen LogP contribution in [-0.2, 0) is 12.6 Å². The Balaban J connectivity index is 1.56. The Morgan fingerprint density at radius 1 is 1.15 bits per heavy atom. The van der Waals surface area contributed by atoms with Crippen LogP contribution in [0.5, 0.6) is 0 Å². The SMILES string of the molecule is O=C(Nc1ccc(C(F)(F)F)c(Cl)c1)N1[C@H]2CC[C@@H]1c1ccccc1C2. The summed E-state index contributed by atoms with van der Waals surface area (Å²) in [5.74, 6) is 0. The molecule has 0 aliphatic carbocycles. The fraction of sp³-hybridized carbons (Fsp3) is 0.316. The van der Waals surface area contributed by atoms with Gasteiger partial charge in [-0.1, -0.05) is 35.9 Å². The number of amides is 2. The zero-order valence-electron chi connectivity index (χ0n) is 13.7. The highest BCUT2D eigenvalue weighted by molar-refractivity contribution is 6.31. The summed E-state index contributed by atoms with van der Waals surface area (Å²) < 4.78 is 38.4. The first-order valence-electron chi connectivity index (χ1n) is 8.38. The lowest BCUT2D eigenvalue weighted by Crippen LogP contribution is -2.44. The summed E-state index contributed by atoms with van der Waals surface area (Å²) >= 11 is 5.73. The summed E-state index contributed by atoms with van der Waals surface area (Å²) in [5.41, 5.74) is 1.76. The van der Waals surface area contributed by atoms with Crippen LogP contribution in [0.1, 0.15) is 35.6 Å². The summed E-state index contributed by atoms with van der Waals surface area (Å²) in [4.78, 5) is 14.6. The monoisotopic (exact) mass is 380 g/mol. The highest BCUT2D eigenvalue weighted by atomic mass is 35.5. The lowest BCUT2D eigenvalue weighted by atomic mass is 9.93. The number of anilines is 1. The van der Waals surface area contributed by atoms with Crippen LogP contribution in [0.3, 0.4) is 0 Å². The molecule has 1 saturated heterocycles. The van der Waals surface area contributed by atoms with Crippen LogP contribution in [0.15, 0.2) is 42.5 Å². The Labute approximate surface area is 153 Å². The maximum atomic E-state index is 12.8. The molecule has 2 heterocycles. The lowest BCUT2D eigenvalue weighted by Gasteiger charge is -2.36. The molecule has 2 aromatic carbocycles. The minimum absolute atomic E-state index is 0.00914. The molecule has 4 rings (SSSR count). The van der Waals surface area contributed by atoms with Gasteiger partial charge in [0.15, 0.2) is 0 Å². The van der Waals surface area contributed by atoms with Crippen LogP contribution in [0.25, 0.3) is 0 Å². The molecule has 1 fully saturated rings. The molecule has 2 atom stereocenters. The van der Waals surface area contributed by atoms with Crippen LogP contribution < -0.4 is 5.32 Å². The van der Waals surface area contributed by atoms with Crippen molar-refractivity contribution in [1.29, 1.82) is 0 Å². The Morgan fingerprint density at radius 3 is 2.65 bits per heavy atom. The number of rotatable bonds is 1. The van der Waals surface area contributed by atoms with Crippen molar-refractivity contribution in [3.8, 4) is 0 Å². The molecule has 2 aliphatic heterocycles. The first-order valence-corrected chi connectivity index (χ1v) is 8.76. The number of carbonyl (C=O) groups excluding carboxylic acids is 1. The van der Waals surface area contributed by atoms with E-state index in [-0.39, 0.29) is 23.8 Å². The molecule has 3 nitrogen and oxygen atoms in total. The van der Waals surface area contributed by atoms with Crippen LogP contribution in [0.4, 0.5) is 23.7 Å². The van der Waals surface area contributed by atoms with Gasteiger partial charge in [0.2, 0.25) is 0 Å². The second-order valence-corrected chi connectivity index (χ2v) is 7.09. The second-order valence-electron chi connectivity index (χ2n) is 6.68. The van der Waals surface area contributed by atoms with Crippen LogP contribution >= 0.6 is 11.6 Å². The van der Waals surface area contributed by atoms with E-state index in [4.69, 9.17) is 11.6 Å². The predicted octanol–water partition coefficient (Wildman–Crippen LogP) is 5.65. The number of carbonyl (C=O) groups is 1. The summed E-state index contributed by atoms with van der Waals surface area (Å²) in [6.07, 6.45) is -1.91. The molecular formula is C19H16ClF3N2O. The van der Waals surface area contributed by atoms with Crippen molar-refractivity contribution in [3.05, 3.63) is 64.2 Å². The normalized spacial score (nSPS) is 21.5. The lowest BCUT2D eigenvalue weighted by molar-refractivity contribution is -0.137. The van der Waals surface area contributed by atoms with Gasteiger partial charge < -0.3 is 10.2 Å². The quantitative estimate of drug-likeness (QED) is 0.681.